The van der Waals surface area contributed by atoms with Gasteiger partial charge in [-0.3, -0.25) is 9.59 Å². The Morgan fingerprint density at radius 3 is 2.55 bits per heavy atom. The molecule has 1 fully saturated rings. The molecule has 1 aliphatic rings. The van der Waals surface area contributed by atoms with Crippen LogP contribution in [-0.4, -0.2) is 56.2 Å². The number of anilines is 2. The minimum atomic E-state index is -0.181. The van der Waals surface area contributed by atoms with E-state index in [1.807, 2.05) is 48.2 Å². The van der Waals surface area contributed by atoms with Gasteiger partial charge in [0.15, 0.2) is 0 Å². The van der Waals surface area contributed by atoms with E-state index in [1.54, 1.807) is 12.1 Å². The zero-order chi connectivity index (χ0) is 21.9. The first-order chi connectivity index (χ1) is 15.2. The van der Waals surface area contributed by atoms with Gasteiger partial charge in [-0.25, -0.2) is 0 Å². The SMILES string of the molecule is CCOCCOc1cccc(NC(=O)CNc2cccc(C(=O)N3CCCCC3)c2)c1. The van der Waals surface area contributed by atoms with Gasteiger partial charge in [0.1, 0.15) is 12.4 Å². The van der Waals surface area contributed by atoms with Gasteiger partial charge in [0.05, 0.1) is 13.2 Å². The zero-order valence-corrected chi connectivity index (χ0v) is 18.1. The van der Waals surface area contributed by atoms with Gasteiger partial charge < -0.3 is 25.0 Å². The number of nitrogens with one attached hydrogen (secondary N) is 2. The molecule has 0 bridgehead atoms. The standard InChI is InChI=1S/C24H31N3O4/c1-2-30-14-15-31-22-11-7-10-21(17-22)26-23(28)18-25-20-9-6-8-19(16-20)24(29)27-12-4-3-5-13-27/h6-11,16-17,25H,2-5,12-15,18H2,1H3,(H,26,28). The summed E-state index contributed by atoms with van der Waals surface area (Å²) in [5, 5.41) is 5.95. The summed E-state index contributed by atoms with van der Waals surface area (Å²) < 4.78 is 10.9. The molecule has 166 valence electrons. The van der Waals surface area contributed by atoms with Crippen molar-refractivity contribution in [2.75, 3.05) is 50.1 Å². The van der Waals surface area contributed by atoms with Crippen molar-refractivity contribution in [3.05, 3.63) is 54.1 Å². The Morgan fingerprint density at radius 2 is 1.74 bits per heavy atom. The summed E-state index contributed by atoms with van der Waals surface area (Å²) in [5.41, 5.74) is 2.05. The number of carbonyl (C=O) groups excluding carboxylic acids is 2. The molecule has 31 heavy (non-hydrogen) atoms. The Morgan fingerprint density at radius 1 is 0.968 bits per heavy atom. The van der Waals surface area contributed by atoms with Crippen LogP contribution in [-0.2, 0) is 9.53 Å². The van der Waals surface area contributed by atoms with Crippen LogP contribution in [0, 0.1) is 0 Å². The quantitative estimate of drug-likeness (QED) is 0.567. The Bertz CT molecular complexity index is 865. The first-order valence-corrected chi connectivity index (χ1v) is 10.9. The van der Waals surface area contributed by atoms with Crippen LogP contribution in [0.4, 0.5) is 11.4 Å². The molecule has 1 heterocycles. The summed E-state index contributed by atoms with van der Waals surface area (Å²) in [7, 11) is 0. The van der Waals surface area contributed by atoms with Crippen LogP contribution in [0.2, 0.25) is 0 Å². The molecule has 7 heteroatoms. The average molecular weight is 426 g/mol. The Labute approximate surface area is 183 Å². The average Bonchev–Trinajstić information content (AvgIpc) is 2.81. The smallest absolute Gasteiger partial charge is 0.253 e. The predicted molar refractivity (Wildman–Crippen MR) is 122 cm³/mol. The molecule has 3 rings (SSSR count). The number of hydrogen-bond acceptors (Lipinski definition) is 5. The highest BCUT2D eigenvalue weighted by molar-refractivity contribution is 5.96. The van der Waals surface area contributed by atoms with Gasteiger partial charge >= 0.3 is 0 Å². The maximum absolute atomic E-state index is 12.7. The molecule has 0 atom stereocenters. The fourth-order valence-corrected chi connectivity index (χ4v) is 3.46. The van der Waals surface area contributed by atoms with Crippen LogP contribution in [0.15, 0.2) is 48.5 Å². The van der Waals surface area contributed by atoms with E-state index >= 15 is 0 Å². The maximum atomic E-state index is 12.7. The second-order valence-electron chi connectivity index (χ2n) is 7.41. The van der Waals surface area contributed by atoms with Crippen LogP contribution in [0.1, 0.15) is 36.5 Å². The van der Waals surface area contributed by atoms with E-state index < -0.39 is 0 Å². The second kappa shape index (κ2) is 12.0. The molecule has 0 aromatic heterocycles. The minimum Gasteiger partial charge on any atom is -0.491 e. The van der Waals surface area contributed by atoms with Crippen LogP contribution in [0.5, 0.6) is 5.75 Å². The van der Waals surface area contributed by atoms with E-state index in [0.717, 1.165) is 31.6 Å². The summed E-state index contributed by atoms with van der Waals surface area (Å²) in [5.74, 6) is 0.544. The van der Waals surface area contributed by atoms with E-state index in [-0.39, 0.29) is 18.4 Å². The summed E-state index contributed by atoms with van der Waals surface area (Å²) in [6.45, 7) is 5.29. The molecule has 2 aromatic rings. The monoisotopic (exact) mass is 425 g/mol. The summed E-state index contributed by atoms with van der Waals surface area (Å²) in [6, 6.07) is 14.6. The molecule has 2 N–H and O–H groups in total. The lowest BCUT2D eigenvalue weighted by molar-refractivity contribution is -0.114. The molecule has 0 radical (unpaired) electrons. The molecule has 0 aliphatic carbocycles. The molecule has 1 saturated heterocycles. The van der Waals surface area contributed by atoms with Gasteiger partial charge in [0.2, 0.25) is 5.91 Å². The number of ether oxygens (including phenoxy) is 2. The van der Waals surface area contributed by atoms with Crippen molar-refractivity contribution in [1.82, 2.24) is 4.90 Å². The lowest BCUT2D eigenvalue weighted by Gasteiger charge is -2.26. The van der Waals surface area contributed by atoms with E-state index in [4.69, 9.17) is 9.47 Å². The number of carbonyl (C=O) groups is 2. The Kier molecular flexibility index (Phi) is 8.72. The predicted octanol–water partition coefficient (Wildman–Crippen LogP) is 3.78. The third-order valence-corrected chi connectivity index (χ3v) is 5.02. The number of nitrogens with zero attached hydrogens (tertiary/aromatic N) is 1. The van der Waals surface area contributed by atoms with Crippen LogP contribution in [0.3, 0.4) is 0 Å². The fourth-order valence-electron chi connectivity index (χ4n) is 3.46. The molecule has 0 saturated carbocycles. The van der Waals surface area contributed by atoms with Crippen molar-refractivity contribution in [3.63, 3.8) is 0 Å². The molecular formula is C24H31N3O4. The topological polar surface area (TPSA) is 79.9 Å². The van der Waals surface area contributed by atoms with Crippen LogP contribution in [0.25, 0.3) is 0 Å². The zero-order valence-electron chi connectivity index (χ0n) is 18.1. The van der Waals surface area contributed by atoms with E-state index in [2.05, 4.69) is 10.6 Å². The van der Waals surface area contributed by atoms with Crippen molar-refractivity contribution >= 4 is 23.2 Å². The molecular weight excluding hydrogens is 394 g/mol. The van der Waals surface area contributed by atoms with Gasteiger partial charge in [-0.05, 0) is 56.5 Å². The third kappa shape index (κ3) is 7.29. The summed E-state index contributed by atoms with van der Waals surface area (Å²) in [6.07, 6.45) is 3.30. The molecule has 1 aliphatic heterocycles. The Hall–Kier alpha value is -3.06. The van der Waals surface area contributed by atoms with Crippen molar-refractivity contribution < 1.29 is 19.1 Å². The van der Waals surface area contributed by atoms with E-state index in [0.29, 0.717) is 36.8 Å². The first-order valence-electron chi connectivity index (χ1n) is 10.9. The largest absolute Gasteiger partial charge is 0.491 e. The fraction of sp³-hybridized carbons (Fsp3) is 0.417. The van der Waals surface area contributed by atoms with Crippen molar-refractivity contribution in [2.24, 2.45) is 0 Å². The van der Waals surface area contributed by atoms with Crippen molar-refractivity contribution in [3.8, 4) is 5.75 Å². The lowest BCUT2D eigenvalue weighted by Crippen LogP contribution is -2.35. The van der Waals surface area contributed by atoms with Crippen LogP contribution < -0.4 is 15.4 Å². The minimum absolute atomic E-state index is 0.0500. The molecule has 2 amide bonds. The van der Waals surface area contributed by atoms with E-state index in [9.17, 15) is 9.59 Å². The number of amides is 2. The summed E-state index contributed by atoms with van der Waals surface area (Å²) >= 11 is 0. The van der Waals surface area contributed by atoms with Crippen molar-refractivity contribution in [2.45, 2.75) is 26.2 Å². The highest BCUT2D eigenvalue weighted by Gasteiger charge is 2.18. The molecule has 7 nitrogen and oxygen atoms in total. The third-order valence-electron chi connectivity index (χ3n) is 5.02. The number of piperidine rings is 1. The van der Waals surface area contributed by atoms with E-state index in [1.165, 1.54) is 6.42 Å². The lowest BCUT2D eigenvalue weighted by atomic mass is 10.1. The molecule has 2 aromatic carbocycles. The normalized spacial score (nSPS) is 13.5. The van der Waals surface area contributed by atoms with Crippen molar-refractivity contribution in [1.29, 1.82) is 0 Å². The van der Waals surface area contributed by atoms with Gasteiger partial charge in [0.25, 0.3) is 5.91 Å². The number of rotatable bonds is 10. The second-order valence-corrected chi connectivity index (χ2v) is 7.41. The molecule has 0 spiro atoms. The summed E-state index contributed by atoms with van der Waals surface area (Å²) in [4.78, 5) is 26.9. The number of likely N-dealkylation sites (tertiary alicyclic amines) is 1. The van der Waals surface area contributed by atoms with Gasteiger partial charge in [0, 0.05) is 42.7 Å². The molecule has 0 unspecified atom stereocenters. The number of benzene rings is 2. The van der Waals surface area contributed by atoms with Crippen LogP contribution >= 0.6 is 0 Å². The van der Waals surface area contributed by atoms with Gasteiger partial charge in [-0.2, -0.15) is 0 Å². The Balaban J connectivity index is 1.49. The number of hydrogen-bond donors (Lipinski definition) is 2. The first kappa shape index (κ1) is 22.6. The maximum Gasteiger partial charge on any atom is 0.253 e. The highest BCUT2D eigenvalue weighted by Crippen LogP contribution is 2.18. The van der Waals surface area contributed by atoms with Gasteiger partial charge in [-0.15, -0.1) is 0 Å². The highest BCUT2D eigenvalue weighted by atomic mass is 16.5. The van der Waals surface area contributed by atoms with Gasteiger partial charge in [-0.1, -0.05) is 12.1 Å².